The number of nitriles is 1. The summed E-state index contributed by atoms with van der Waals surface area (Å²) in [5.41, 5.74) is 8.45. The molecular formula is C13H12N6. The van der Waals surface area contributed by atoms with Crippen LogP contribution in [0.5, 0.6) is 0 Å². The van der Waals surface area contributed by atoms with Crippen LogP contribution in [-0.4, -0.2) is 14.8 Å². The fourth-order valence-electron chi connectivity index (χ4n) is 2.16. The summed E-state index contributed by atoms with van der Waals surface area (Å²) in [6.45, 7) is 2.02. The van der Waals surface area contributed by atoms with Gasteiger partial charge in [-0.1, -0.05) is 29.8 Å². The molecule has 1 aliphatic rings. The second-order valence-electron chi connectivity index (χ2n) is 4.41. The van der Waals surface area contributed by atoms with Crippen LogP contribution in [0.4, 0.5) is 5.95 Å². The smallest absolute Gasteiger partial charge is 0.227 e. The predicted octanol–water partition coefficient (Wildman–Crippen LogP) is 1.30. The van der Waals surface area contributed by atoms with Crippen LogP contribution in [0.1, 0.15) is 17.2 Å². The van der Waals surface area contributed by atoms with Gasteiger partial charge in [0, 0.05) is 0 Å². The van der Waals surface area contributed by atoms with E-state index in [1.165, 1.54) is 6.33 Å². The lowest BCUT2D eigenvalue weighted by atomic mass is 9.97. The third-order valence-electron chi connectivity index (χ3n) is 3.14. The second kappa shape index (κ2) is 4.14. The highest BCUT2D eigenvalue weighted by Gasteiger charge is 2.29. The van der Waals surface area contributed by atoms with Gasteiger partial charge in [0.05, 0.1) is 5.57 Å². The molecule has 0 spiro atoms. The molecule has 3 N–H and O–H groups in total. The largest absolute Gasteiger partial charge is 0.384 e. The predicted molar refractivity (Wildman–Crippen MR) is 69.8 cm³/mol. The Balaban J connectivity index is 2.18. The minimum absolute atomic E-state index is 0.327. The van der Waals surface area contributed by atoms with Crippen LogP contribution in [0.2, 0.25) is 0 Å². The molecule has 0 fully saturated rings. The third-order valence-corrected chi connectivity index (χ3v) is 3.14. The quantitative estimate of drug-likeness (QED) is 0.797. The first-order valence-corrected chi connectivity index (χ1v) is 5.83. The summed E-state index contributed by atoms with van der Waals surface area (Å²) in [7, 11) is 0. The molecule has 19 heavy (non-hydrogen) atoms. The van der Waals surface area contributed by atoms with Crippen molar-refractivity contribution in [1.82, 2.24) is 14.8 Å². The Hall–Kier alpha value is -2.81. The van der Waals surface area contributed by atoms with Crippen molar-refractivity contribution < 1.29 is 0 Å². The van der Waals surface area contributed by atoms with E-state index in [1.807, 2.05) is 31.2 Å². The number of anilines is 1. The number of nitrogens with one attached hydrogen (secondary N) is 1. The van der Waals surface area contributed by atoms with Crippen LogP contribution in [0.15, 0.2) is 42.0 Å². The monoisotopic (exact) mass is 252 g/mol. The number of hydrogen-bond donors (Lipinski definition) is 2. The van der Waals surface area contributed by atoms with Crippen molar-refractivity contribution >= 4 is 5.95 Å². The molecule has 6 nitrogen and oxygen atoms in total. The fourth-order valence-corrected chi connectivity index (χ4v) is 2.16. The van der Waals surface area contributed by atoms with Crippen molar-refractivity contribution in [2.75, 3.05) is 5.32 Å². The van der Waals surface area contributed by atoms with Crippen molar-refractivity contribution in [2.45, 2.75) is 13.0 Å². The molecule has 0 bridgehead atoms. The van der Waals surface area contributed by atoms with Gasteiger partial charge in [-0.3, -0.25) is 0 Å². The molecule has 1 atom stereocenters. The first-order valence-electron chi connectivity index (χ1n) is 5.83. The van der Waals surface area contributed by atoms with Gasteiger partial charge < -0.3 is 11.1 Å². The lowest BCUT2D eigenvalue weighted by Gasteiger charge is -2.25. The summed E-state index contributed by atoms with van der Waals surface area (Å²) < 4.78 is 1.67. The van der Waals surface area contributed by atoms with E-state index < -0.39 is 0 Å². The molecule has 0 amide bonds. The van der Waals surface area contributed by atoms with Crippen LogP contribution >= 0.6 is 0 Å². The molecule has 0 aliphatic carbocycles. The Bertz CT molecular complexity index is 689. The average molecular weight is 252 g/mol. The maximum Gasteiger partial charge on any atom is 0.227 e. The maximum absolute atomic E-state index is 9.32. The Labute approximate surface area is 110 Å². The minimum Gasteiger partial charge on any atom is -0.384 e. The molecule has 94 valence electrons. The molecule has 0 saturated carbocycles. The van der Waals surface area contributed by atoms with E-state index in [9.17, 15) is 5.26 Å². The van der Waals surface area contributed by atoms with Gasteiger partial charge in [0.1, 0.15) is 24.3 Å². The molecule has 6 heteroatoms. The number of fused-ring (bicyclic) bond motifs is 1. The molecule has 0 unspecified atom stereocenters. The third kappa shape index (κ3) is 1.72. The van der Waals surface area contributed by atoms with E-state index in [-0.39, 0.29) is 6.04 Å². The first kappa shape index (κ1) is 11.3. The van der Waals surface area contributed by atoms with E-state index in [4.69, 9.17) is 5.73 Å². The van der Waals surface area contributed by atoms with Gasteiger partial charge in [-0.05, 0) is 12.5 Å². The summed E-state index contributed by atoms with van der Waals surface area (Å²) in [5.74, 6) is 0.871. The molecule has 3 rings (SSSR count). The van der Waals surface area contributed by atoms with Gasteiger partial charge in [0.15, 0.2) is 0 Å². The van der Waals surface area contributed by atoms with Crippen LogP contribution in [0, 0.1) is 18.3 Å². The molecule has 1 aliphatic heterocycles. The van der Waals surface area contributed by atoms with E-state index >= 15 is 0 Å². The summed E-state index contributed by atoms with van der Waals surface area (Å²) in [5, 5.41) is 16.4. The van der Waals surface area contributed by atoms with Gasteiger partial charge >= 0.3 is 0 Å². The van der Waals surface area contributed by atoms with E-state index in [0.29, 0.717) is 17.3 Å². The Morgan fingerprint density at radius 3 is 2.79 bits per heavy atom. The van der Waals surface area contributed by atoms with Gasteiger partial charge in [-0.15, -0.1) is 0 Å². The SMILES string of the molecule is Cc1ccc([C@H]2C(C#N)=C(N)Nc3ncnn32)cc1. The molecule has 0 saturated heterocycles. The van der Waals surface area contributed by atoms with Crippen molar-refractivity contribution in [3.05, 3.63) is 53.1 Å². The van der Waals surface area contributed by atoms with Gasteiger partial charge in [-0.25, -0.2) is 4.68 Å². The first-order chi connectivity index (χ1) is 9.20. The highest BCUT2D eigenvalue weighted by molar-refractivity contribution is 5.51. The molecule has 0 radical (unpaired) electrons. The van der Waals surface area contributed by atoms with Gasteiger partial charge in [-0.2, -0.15) is 15.3 Å². The average Bonchev–Trinajstić information content (AvgIpc) is 2.86. The van der Waals surface area contributed by atoms with Crippen molar-refractivity contribution in [3.63, 3.8) is 0 Å². The van der Waals surface area contributed by atoms with E-state index in [2.05, 4.69) is 21.5 Å². The summed E-state index contributed by atoms with van der Waals surface area (Å²) in [4.78, 5) is 4.09. The zero-order valence-corrected chi connectivity index (χ0v) is 10.3. The van der Waals surface area contributed by atoms with Crippen LogP contribution in [-0.2, 0) is 0 Å². The molecule has 2 heterocycles. The number of nitrogens with two attached hydrogens (primary N) is 1. The molecule has 1 aromatic carbocycles. The summed E-state index contributed by atoms with van der Waals surface area (Å²) >= 11 is 0. The number of allylic oxidation sites excluding steroid dienone is 1. The lowest BCUT2D eigenvalue weighted by Crippen LogP contribution is -2.28. The fraction of sp³-hybridized carbons (Fsp3) is 0.154. The number of rotatable bonds is 1. The number of aryl methyl sites for hydroxylation is 1. The van der Waals surface area contributed by atoms with E-state index in [0.717, 1.165) is 11.1 Å². The van der Waals surface area contributed by atoms with Crippen molar-refractivity contribution in [3.8, 4) is 6.07 Å². The molecule has 2 aromatic rings. The lowest BCUT2D eigenvalue weighted by molar-refractivity contribution is 0.585. The van der Waals surface area contributed by atoms with Crippen LogP contribution in [0.3, 0.4) is 0 Å². The normalized spacial score (nSPS) is 17.6. The van der Waals surface area contributed by atoms with Crippen molar-refractivity contribution in [1.29, 1.82) is 5.26 Å². The zero-order chi connectivity index (χ0) is 13.4. The number of nitrogens with zero attached hydrogens (tertiary/aromatic N) is 4. The van der Waals surface area contributed by atoms with Crippen molar-refractivity contribution in [2.24, 2.45) is 5.73 Å². The van der Waals surface area contributed by atoms with Crippen LogP contribution in [0.25, 0.3) is 0 Å². The standard InChI is InChI=1S/C13H12N6/c1-8-2-4-9(5-3-8)11-10(6-14)12(15)18-13-16-7-17-19(11)13/h2-5,7,11H,15H2,1H3,(H,16,17,18)/t11-/m0/s1. The van der Waals surface area contributed by atoms with Gasteiger partial charge in [0.2, 0.25) is 5.95 Å². The Morgan fingerprint density at radius 1 is 1.37 bits per heavy atom. The zero-order valence-electron chi connectivity index (χ0n) is 10.3. The van der Waals surface area contributed by atoms with Gasteiger partial charge in [0.25, 0.3) is 0 Å². The number of aromatic nitrogens is 3. The van der Waals surface area contributed by atoms with E-state index in [1.54, 1.807) is 4.68 Å². The number of benzene rings is 1. The topological polar surface area (TPSA) is 92.6 Å². The molecular weight excluding hydrogens is 240 g/mol. The minimum atomic E-state index is -0.329. The second-order valence-corrected chi connectivity index (χ2v) is 4.41. The maximum atomic E-state index is 9.32. The Kier molecular flexibility index (Phi) is 2.46. The summed E-state index contributed by atoms with van der Waals surface area (Å²) in [6, 6.07) is 9.77. The summed E-state index contributed by atoms with van der Waals surface area (Å²) in [6.07, 6.45) is 1.44. The highest BCUT2D eigenvalue weighted by atomic mass is 15.4. The highest BCUT2D eigenvalue weighted by Crippen LogP contribution is 2.32. The number of hydrogen-bond acceptors (Lipinski definition) is 5. The Morgan fingerprint density at radius 2 is 2.11 bits per heavy atom. The molecule has 1 aromatic heterocycles. The van der Waals surface area contributed by atoms with Crippen LogP contribution < -0.4 is 11.1 Å².